The first kappa shape index (κ1) is 13.5. The number of hydrogen-bond acceptors (Lipinski definition) is 3. The lowest BCUT2D eigenvalue weighted by molar-refractivity contribution is -0.143. The number of benzene rings is 1. The second kappa shape index (κ2) is 5.18. The lowest BCUT2D eigenvalue weighted by Gasteiger charge is -2.15. The fourth-order valence-electron chi connectivity index (χ4n) is 1.45. The Labute approximate surface area is 96.4 Å². The molecule has 0 aromatic heterocycles. The smallest absolute Gasteiger partial charge is 0.416 e. The van der Waals surface area contributed by atoms with Crippen molar-refractivity contribution in [3.8, 4) is 0 Å². The Morgan fingerprint density at radius 2 is 2.00 bits per heavy atom. The SMILES string of the molecule is COC(=O)[C@H](N)Cc1ccccc1C(F)(F)F. The number of alkyl halides is 3. The second-order valence-electron chi connectivity index (χ2n) is 3.49. The van der Waals surface area contributed by atoms with Crippen molar-refractivity contribution >= 4 is 5.97 Å². The Bertz CT molecular complexity index is 404. The van der Waals surface area contributed by atoms with Gasteiger partial charge in [-0.3, -0.25) is 4.79 Å². The average Bonchev–Trinajstić information content (AvgIpc) is 2.27. The van der Waals surface area contributed by atoms with E-state index in [1.54, 1.807) is 0 Å². The van der Waals surface area contributed by atoms with E-state index in [4.69, 9.17) is 5.73 Å². The summed E-state index contributed by atoms with van der Waals surface area (Å²) >= 11 is 0. The number of methoxy groups -OCH3 is 1. The van der Waals surface area contributed by atoms with Crippen molar-refractivity contribution in [2.24, 2.45) is 5.73 Å². The number of ether oxygens (including phenoxy) is 1. The zero-order chi connectivity index (χ0) is 13.1. The van der Waals surface area contributed by atoms with Gasteiger partial charge in [0, 0.05) is 0 Å². The summed E-state index contributed by atoms with van der Waals surface area (Å²) in [5.41, 5.74) is 4.64. The maximum absolute atomic E-state index is 12.6. The van der Waals surface area contributed by atoms with Gasteiger partial charge in [0.15, 0.2) is 0 Å². The Kier molecular flexibility index (Phi) is 4.11. The molecule has 0 bridgehead atoms. The quantitative estimate of drug-likeness (QED) is 0.828. The van der Waals surface area contributed by atoms with Gasteiger partial charge in [0.25, 0.3) is 0 Å². The summed E-state index contributed by atoms with van der Waals surface area (Å²) in [5, 5.41) is 0. The van der Waals surface area contributed by atoms with Gasteiger partial charge in [-0.05, 0) is 18.1 Å². The third kappa shape index (κ3) is 3.45. The van der Waals surface area contributed by atoms with Crippen molar-refractivity contribution in [2.45, 2.75) is 18.6 Å². The van der Waals surface area contributed by atoms with Crippen molar-refractivity contribution < 1.29 is 22.7 Å². The highest BCUT2D eigenvalue weighted by molar-refractivity contribution is 5.75. The highest BCUT2D eigenvalue weighted by Gasteiger charge is 2.33. The molecular weight excluding hydrogens is 235 g/mol. The van der Waals surface area contributed by atoms with Crippen LogP contribution >= 0.6 is 0 Å². The van der Waals surface area contributed by atoms with E-state index in [9.17, 15) is 18.0 Å². The second-order valence-corrected chi connectivity index (χ2v) is 3.49. The molecule has 0 saturated heterocycles. The van der Waals surface area contributed by atoms with Gasteiger partial charge in [-0.25, -0.2) is 0 Å². The molecule has 1 rings (SSSR count). The van der Waals surface area contributed by atoms with Crippen LogP contribution in [0.4, 0.5) is 13.2 Å². The lowest BCUT2D eigenvalue weighted by atomic mass is 10.0. The molecule has 0 amide bonds. The maximum Gasteiger partial charge on any atom is 0.416 e. The zero-order valence-electron chi connectivity index (χ0n) is 9.12. The molecule has 1 atom stereocenters. The fourth-order valence-corrected chi connectivity index (χ4v) is 1.45. The van der Waals surface area contributed by atoms with Gasteiger partial charge >= 0.3 is 12.1 Å². The van der Waals surface area contributed by atoms with Crippen LogP contribution in [-0.4, -0.2) is 19.1 Å². The molecule has 1 aromatic rings. The summed E-state index contributed by atoms with van der Waals surface area (Å²) in [6.07, 6.45) is -4.66. The third-order valence-corrected chi connectivity index (χ3v) is 2.27. The predicted octanol–water partition coefficient (Wildman–Crippen LogP) is 1.75. The monoisotopic (exact) mass is 247 g/mol. The maximum atomic E-state index is 12.6. The predicted molar refractivity (Wildman–Crippen MR) is 55.1 cm³/mol. The largest absolute Gasteiger partial charge is 0.468 e. The minimum absolute atomic E-state index is 0.0158. The molecule has 0 radical (unpaired) electrons. The van der Waals surface area contributed by atoms with E-state index < -0.39 is 23.8 Å². The molecule has 0 spiro atoms. The molecule has 6 heteroatoms. The van der Waals surface area contributed by atoms with Crippen molar-refractivity contribution in [3.05, 3.63) is 35.4 Å². The third-order valence-electron chi connectivity index (χ3n) is 2.27. The number of carbonyl (C=O) groups is 1. The number of nitrogens with two attached hydrogens (primary N) is 1. The molecule has 0 aliphatic heterocycles. The van der Waals surface area contributed by atoms with Crippen molar-refractivity contribution in [1.29, 1.82) is 0 Å². The molecule has 3 nitrogen and oxygen atoms in total. The molecule has 0 aliphatic carbocycles. The van der Waals surface area contributed by atoms with Crippen LogP contribution in [0.2, 0.25) is 0 Å². The van der Waals surface area contributed by atoms with E-state index in [0.717, 1.165) is 13.2 Å². The molecular formula is C11H12F3NO2. The summed E-state index contributed by atoms with van der Waals surface area (Å²) in [7, 11) is 1.14. The first-order valence-corrected chi connectivity index (χ1v) is 4.84. The van der Waals surface area contributed by atoms with Crippen LogP contribution in [0.1, 0.15) is 11.1 Å². The van der Waals surface area contributed by atoms with Gasteiger partial charge < -0.3 is 10.5 Å². The molecule has 0 unspecified atom stereocenters. The Morgan fingerprint density at radius 1 is 1.41 bits per heavy atom. The van der Waals surface area contributed by atoms with Gasteiger partial charge in [0.05, 0.1) is 12.7 Å². The van der Waals surface area contributed by atoms with E-state index in [0.29, 0.717) is 0 Å². The van der Waals surface area contributed by atoms with E-state index in [1.165, 1.54) is 18.2 Å². The number of hydrogen-bond donors (Lipinski definition) is 1. The minimum Gasteiger partial charge on any atom is -0.468 e. The lowest BCUT2D eigenvalue weighted by Crippen LogP contribution is -2.34. The summed E-state index contributed by atoms with van der Waals surface area (Å²) in [6.45, 7) is 0. The average molecular weight is 247 g/mol. The van der Waals surface area contributed by atoms with Crippen LogP contribution in [0.15, 0.2) is 24.3 Å². The molecule has 0 heterocycles. The summed E-state index contributed by atoms with van der Waals surface area (Å²) in [6, 6.07) is 3.92. The van der Waals surface area contributed by atoms with Crippen LogP contribution < -0.4 is 5.73 Å². The fraction of sp³-hybridized carbons (Fsp3) is 0.364. The summed E-state index contributed by atoms with van der Waals surface area (Å²) in [5.74, 6) is -0.734. The van der Waals surface area contributed by atoms with Gasteiger partial charge in [-0.2, -0.15) is 13.2 Å². The molecule has 1 aromatic carbocycles. The van der Waals surface area contributed by atoms with Crippen molar-refractivity contribution in [1.82, 2.24) is 0 Å². The standard InChI is InChI=1S/C11H12F3NO2/c1-17-10(16)9(15)6-7-4-2-3-5-8(7)11(12,13)14/h2-5,9H,6,15H2,1H3/t9-/m1/s1. The van der Waals surface area contributed by atoms with Gasteiger partial charge in [-0.1, -0.05) is 18.2 Å². The molecule has 0 aliphatic rings. The number of esters is 1. The van der Waals surface area contributed by atoms with E-state index in [2.05, 4.69) is 4.74 Å². The molecule has 17 heavy (non-hydrogen) atoms. The van der Waals surface area contributed by atoms with Crippen LogP contribution in [0, 0.1) is 0 Å². The zero-order valence-corrected chi connectivity index (χ0v) is 9.12. The Balaban J connectivity index is 2.95. The van der Waals surface area contributed by atoms with Gasteiger partial charge in [0.1, 0.15) is 6.04 Å². The highest BCUT2D eigenvalue weighted by Crippen LogP contribution is 2.32. The molecule has 0 fully saturated rings. The molecule has 94 valence electrons. The van der Waals surface area contributed by atoms with Crippen molar-refractivity contribution in [2.75, 3.05) is 7.11 Å². The Morgan fingerprint density at radius 3 is 2.53 bits per heavy atom. The van der Waals surface area contributed by atoms with Crippen LogP contribution in [0.25, 0.3) is 0 Å². The number of carbonyl (C=O) groups excluding carboxylic acids is 1. The van der Waals surface area contributed by atoms with Crippen LogP contribution in [0.3, 0.4) is 0 Å². The van der Waals surface area contributed by atoms with Gasteiger partial charge in [-0.15, -0.1) is 0 Å². The molecule has 0 saturated carbocycles. The summed E-state index contributed by atoms with van der Waals surface area (Å²) < 4.78 is 42.2. The highest BCUT2D eigenvalue weighted by atomic mass is 19.4. The topological polar surface area (TPSA) is 52.3 Å². The first-order chi connectivity index (χ1) is 7.86. The van der Waals surface area contributed by atoms with Crippen LogP contribution in [0.5, 0.6) is 0 Å². The van der Waals surface area contributed by atoms with Gasteiger partial charge in [0.2, 0.25) is 0 Å². The van der Waals surface area contributed by atoms with E-state index >= 15 is 0 Å². The van der Waals surface area contributed by atoms with E-state index in [-0.39, 0.29) is 12.0 Å². The number of halogens is 3. The summed E-state index contributed by atoms with van der Waals surface area (Å²) in [4.78, 5) is 11.0. The minimum atomic E-state index is -4.45. The molecule has 2 N–H and O–H groups in total. The Hall–Kier alpha value is -1.56. The van der Waals surface area contributed by atoms with E-state index in [1.807, 2.05) is 0 Å². The first-order valence-electron chi connectivity index (χ1n) is 4.84. The van der Waals surface area contributed by atoms with Crippen molar-refractivity contribution in [3.63, 3.8) is 0 Å². The number of rotatable bonds is 3. The normalized spacial score (nSPS) is 13.2. The van der Waals surface area contributed by atoms with Crippen LogP contribution in [-0.2, 0) is 22.1 Å².